The average Bonchev–Trinajstić information content (AvgIpc) is 2.84. The highest BCUT2D eigenvalue weighted by molar-refractivity contribution is 5.81. The van der Waals surface area contributed by atoms with Gasteiger partial charge in [0.15, 0.2) is 0 Å². The molecule has 3 aromatic rings. The predicted molar refractivity (Wildman–Crippen MR) is 83.3 cm³/mol. The van der Waals surface area contributed by atoms with E-state index in [1.807, 2.05) is 25.1 Å². The van der Waals surface area contributed by atoms with E-state index < -0.39 is 0 Å². The Kier molecular flexibility index (Phi) is 3.20. The number of aromatic nitrogens is 3. The van der Waals surface area contributed by atoms with Crippen LogP contribution in [-0.2, 0) is 6.42 Å². The number of imidazole rings is 1. The molecule has 110 valence electrons. The van der Waals surface area contributed by atoms with E-state index >= 15 is 0 Å². The van der Waals surface area contributed by atoms with E-state index in [4.69, 9.17) is 4.74 Å². The number of nitrogens with one attached hydrogen (secondary N) is 1. The smallest absolute Gasteiger partial charge is 0.263 e. The highest BCUT2D eigenvalue weighted by Gasteiger charge is 2.17. The summed E-state index contributed by atoms with van der Waals surface area (Å²) < 4.78 is 6.89. The SMILES string of the molecule is CCc1c(C(C)C)nc2[nH]c3ccc(OC)cc3n2c1=O. The summed E-state index contributed by atoms with van der Waals surface area (Å²) in [6, 6.07) is 5.63. The van der Waals surface area contributed by atoms with Crippen LogP contribution in [0.3, 0.4) is 0 Å². The molecule has 0 amide bonds. The Morgan fingerprint density at radius 3 is 2.76 bits per heavy atom. The summed E-state index contributed by atoms with van der Waals surface area (Å²) >= 11 is 0. The highest BCUT2D eigenvalue weighted by Crippen LogP contribution is 2.22. The molecule has 1 aromatic carbocycles. The molecular formula is C16H19N3O2. The molecule has 0 unspecified atom stereocenters. The Bertz CT molecular complexity index is 874. The first kappa shape index (κ1) is 13.7. The van der Waals surface area contributed by atoms with Crippen LogP contribution in [0.25, 0.3) is 16.8 Å². The molecule has 0 atom stereocenters. The molecular weight excluding hydrogens is 266 g/mol. The monoisotopic (exact) mass is 285 g/mol. The Morgan fingerprint density at radius 2 is 2.14 bits per heavy atom. The molecule has 21 heavy (non-hydrogen) atoms. The zero-order chi connectivity index (χ0) is 15.1. The second kappa shape index (κ2) is 4.91. The number of hydrogen-bond acceptors (Lipinski definition) is 3. The first-order valence-electron chi connectivity index (χ1n) is 7.18. The molecule has 0 saturated heterocycles. The summed E-state index contributed by atoms with van der Waals surface area (Å²) in [7, 11) is 1.62. The van der Waals surface area contributed by atoms with Crippen molar-refractivity contribution in [2.45, 2.75) is 33.1 Å². The van der Waals surface area contributed by atoms with Crippen molar-refractivity contribution < 1.29 is 4.74 Å². The van der Waals surface area contributed by atoms with Crippen LogP contribution in [0.1, 0.15) is 37.9 Å². The Labute approximate surface area is 122 Å². The van der Waals surface area contributed by atoms with Crippen molar-refractivity contribution in [3.8, 4) is 5.75 Å². The predicted octanol–water partition coefficient (Wildman–Crippen LogP) is 2.87. The van der Waals surface area contributed by atoms with Crippen LogP contribution in [0.2, 0.25) is 0 Å². The van der Waals surface area contributed by atoms with Crippen molar-refractivity contribution in [2.24, 2.45) is 0 Å². The van der Waals surface area contributed by atoms with Gasteiger partial charge in [0.25, 0.3) is 5.56 Å². The fraction of sp³-hybridized carbons (Fsp3) is 0.375. The van der Waals surface area contributed by atoms with Gasteiger partial charge in [0.1, 0.15) is 5.75 Å². The number of benzene rings is 1. The summed E-state index contributed by atoms with van der Waals surface area (Å²) in [6.45, 7) is 6.11. The van der Waals surface area contributed by atoms with E-state index in [9.17, 15) is 4.79 Å². The molecule has 0 aliphatic rings. The minimum absolute atomic E-state index is 0.00528. The molecule has 0 saturated carbocycles. The maximum atomic E-state index is 12.8. The Hall–Kier alpha value is -2.30. The quantitative estimate of drug-likeness (QED) is 0.805. The third-order valence-corrected chi connectivity index (χ3v) is 3.80. The highest BCUT2D eigenvalue weighted by atomic mass is 16.5. The number of H-pyrrole nitrogens is 1. The number of hydrogen-bond donors (Lipinski definition) is 1. The summed E-state index contributed by atoms with van der Waals surface area (Å²) in [5.41, 5.74) is 3.34. The van der Waals surface area contributed by atoms with Crippen LogP contribution in [0.4, 0.5) is 0 Å². The van der Waals surface area contributed by atoms with E-state index in [-0.39, 0.29) is 11.5 Å². The molecule has 2 aromatic heterocycles. The third-order valence-electron chi connectivity index (χ3n) is 3.80. The van der Waals surface area contributed by atoms with Gasteiger partial charge in [0.05, 0.1) is 23.8 Å². The normalized spacial score (nSPS) is 11.7. The first-order chi connectivity index (χ1) is 10.1. The topological polar surface area (TPSA) is 59.4 Å². The van der Waals surface area contributed by atoms with Crippen LogP contribution in [0.15, 0.2) is 23.0 Å². The summed E-state index contributed by atoms with van der Waals surface area (Å²) in [6.07, 6.45) is 0.679. The van der Waals surface area contributed by atoms with Crippen molar-refractivity contribution in [3.63, 3.8) is 0 Å². The molecule has 3 rings (SSSR count). The van der Waals surface area contributed by atoms with Crippen molar-refractivity contribution in [1.82, 2.24) is 14.4 Å². The van der Waals surface area contributed by atoms with Crippen LogP contribution < -0.4 is 10.3 Å². The maximum absolute atomic E-state index is 12.8. The standard InChI is InChI=1S/C16H19N3O2/c1-5-11-14(9(2)3)18-16-17-12-7-6-10(21-4)8-13(12)19(16)15(11)20/h6-9H,5H2,1-4H3,(H,17,18). The molecule has 5 heteroatoms. The van der Waals surface area contributed by atoms with Crippen molar-refractivity contribution >= 4 is 16.8 Å². The Morgan fingerprint density at radius 1 is 1.38 bits per heavy atom. The van der Waals surface area contributed by atoms with Gasteiger partial charge in [-0.2, -0.15) is 0 Å². The third kappa shape index (κ3) is 2.00. The molecule has 0 fully saturated rings. The van der Waals surface area contributed by atoms with Gasteiger partial charge in [-0.3, -0.25) is 4.79 Å². The summed E-state index contributed by atoms with van der Waals surface area (Å²) in [4.78, 5) is 20.7. The number of rotatable bonds is 3. The molecule has 2 heterocycles. The van der Waals surface area contributed by atoms with E-state index in [1.165, 1.54) is 0 Å². The molecule has 0 bridgehead atoms. The van der Waals surface area contributed by atoms with Gasteiger partial charge >= 0.3 is 0 Å². The summed E-state index contributed by atoms with van der Waals surface area (Å²) in [5, 5.41) is 0. The molecule has 5 nitrogen and oxygen atoms in total. The number of ether oxygens (including phenoxy) is 1. The lowest BCUT2D eigenvalue weighted by molar-refractivity contribution is 0.415. The second-order valence-electron chi connectivity index (χ2n) is 5.46. The van der Waals surface area contributed by atoms with Gasteiger partial charge in [0.2, 0.25) is 5.78 Å². The fourth-order valence-electron chi connectivity index (χ4n) is 2.74. The lowest BCUT2D eigenvalue weighted by Gasteiger charge is -2.10. The Balaban J connectivity index is 2.47. The van der Waals surface area contributed by atoms with Gasteiger partial charge < -0.3 is 9.72 Å². The number of methoxy groups -OCH3 is 1. The molecule has 0 spiro atoms. The number of nitrogens with zero attached hydrogens (tertiary/aromatic N) is 2. The molecule has 0 aliphatic heterocycles. The minimum Gasteiger partial charge on any atom is -0.497 e. The lowest BCUT2D eigenvalue weighted by atomic mass is 10.0. The zero-order valence-corrected chi connectivity index (χ0v) is 12.7. The van der Waals surface area contributed by atoms with Crippen LogP contribution in [0, 0.1) is 0 Å². The minimum atomic E-state index is 0.00528. The molecule has 1 N–H and O–H groups in total. The van der Waals surface area contributed by atoms with Crippen LogP contribution >= 0.6 is 0 Å². The second-order valence-corrected chi connectivity index (χ2v) is 5.46. The van der Waals surface area contributed by atoms with Gasteiger partial charge in [0, 0.05) is 11.6 Å². The largest absolute Gasteiger partial charge is 0.497 e. The van der Waals surface area contributed by atoms with Gasteiger partial charge in [-0.05, 0) is 24.5 Å². The van der Waals surface area contributed by atoms with Crippen molar-refractivity contribution in [3.05, 3.63) is 39.8 Å². The molecule has 0 radical (unpaired) electrons. The van der Waals surface area contributed by atoms with E-state index in [0.29, 0.717) is 12.2 Å². The zero-order valence-electron chi connectivity index (χ0n) is 12.7. The van der Waals surface area contributed by atoms with Crippen molar-refractivity contribution in [2.75, 3.05) is 7.11 Å². The summed E-state index contributed by atoms with van der Waals surface area (Å²) in [5.74, 6) is 1.53. The van der Waals surface area contributed by atoms with E-state index in [0.717, 1.165) is 28.0 Å². The maximum Gasteiger partial charge on any atom is 0.263 e. The lowest BCUT2D eigenvalue weighted by Crippen LogP contribution is -2.22. The van der Waals surface area contributed by atoms with Crippen LogP contribution in [-0.4, -0.2) is 21.5 Å². The number of aromatic amines is 1. The van der Waals surface area contributed by atoms with E-state index in [1.54, 1.807) is 11.5 Å². The van der Waals surface area contributed by atoms with Gasteiger partial charge in [-0.1, -0.05) is 20.8 Å². The average molecular weight is 285 g/mol. The number of fused-ring (bicyclic) bond motifs is 3. The first-order valence-corrected chi connectivity index (χ1v) is 7.18. The van der Waals surface area contributed by atoms with Crippen molar-refractivity contribution in [1.29, 1.82) is 0 Å². The van der Waals surface area contributed by atoms with E-state index in [2.05, 4.69) is 23.8 Å². The molecule has 0 aliphatic carbocycles. The van der Waals surface area contributed by atoms with Gasteiger partial charge in [-0.25, -0.2) is 9.38 Å². The fourth-order valence-corrected chi connectivity index (χ4v) is 2.74. The van der Waals surface area contributed by atoms with Gasteiger partial charge in [-0.15, -0.1) is 0 Å². The van der Waals surface area contributed by atoms with Crippen LogP contribution in [0.5, 0.6) is 5.75 Å².